The molecule has 0 spiro atoms. The summed E-state index contributed by atoms with van der Waals surface area (Å²) >= 11 is 1.26. The predicted octanol–water partition coefficient (Wildman–Crippen LogP) is 2.15. The van der Waals surface area contributed by atoms with Crippen molar-refractivity contribution in [3.63, 3.8) is 0 Å². The first-order chi connectivity index (χ1) is 10.7. The maximum Gasteiger partial charge on any atom is 0.353 e. The highest BCUT2D eigenvalue weighted by Crippen LogP contribution is 2.25. The molecule has 4 aromatic rings. The van der Waals surface area contributed by atoms with Crippen molar-refractivity contribution in [1.29, 1.82) is 0 Å². The first-order valence-corrected chi connectivity index (χ1v) is 7.21. The molecule has 1 aromatic carbocycles. The maximum atomic E-state index is 13.1. The molecule has 3 aromatic heterocycles. The number of rotatable bonds is 1. The molecule has 0 saturated carbocycles. The molecule has 0 aliphatic heterocycles. The van der Waals surface area contributed by atoms with Gasteiger partial charge in [0.2, 0.25) is 0 Å². The van der Waals surface area contributed by atoms with Crippen LogP contribution in [0.25, 0.3) is 33.2 Å². The molecule has 0 unspecified atom stereocenters. The number of aromatic nitrogens is 3. The minimum Gasteiger partial charge on any atom is -0.514 e. The van der Waals surface area contributed by atoms with Crippen LogP contribution in [0.3, 0.4) is 0 Å². The molecule has 4 rings (SSSR count). The summed E-state index contributed by atoms with van der Waals surface area (Å²) in [5.41, 5.74) is 1.08. The van der Waals surface area contributed by atoms with E-state index in [2.05, 4.69) is 9.97 Å². The molecule has 0 aliphatic carbocycles. The van der Waals surface area contributed by atoms with E-state index in [0.29, 0.717) is 31.5 Å². The molecular weight excluding hydrogens is 305 g/mol. The maximum absolute atomic E-state index is 13.1. The van der Waals surface area contributed by atoms with Gasteiger partial charge in [-0.3, -0.25) is 4.57 Å². The fourth-order valence-corrected chi connectivity index (χ4v) is 3.40. The summed E-state index contributed by atoms with van der Waals surface area (Å²) in [6.45, 7) is 0. The Bertz CT molecular complexity index is 1120. The normalized spacial score (nSPS) is 12.5. The number of hydrogen-bond donors (Lipinski definition) is 1. The van der Waals surface area contributed by atoms with Gasteiger partial charge in [-0.05, 0) is 30.3 Å². The Balaban J connectivity index is 2.21. The Labute approximate surface area is 126 Å². The molecule has 1 N–H and O–H groups in total. The van der Waals surface area contributed by atoms with Gasteiger partial charge in [-0.25, -0.2) is 14.2 Å². The van der Waals surface area contributed by atoms with Crippen LogP contribution in [-0.4, -0.2) is 19.6 Å². The van der Waals surface area contributed by atoms with Gasteiger partial charge in [0, 0.05) is 6.20 Å². The number of thiophene rings is 1. The van der Waals surface area contributed by atoms with Crippen molar-refractivity contribution in [3.8, 4) is 5.69 Å². The number of pyridine rings is 1. The van der Waals surface area contributed by atoms with E-state index in [4.69, 9.17) is 0 Å². The van der Waals surface area contributed by atoms with Crippen molar-refractivity contribution in [3.05, 3.63) is 57.4 Å². The highest BCUT2D eigenvalue weighted by atomic mass is 32.1. The zero-order valence-electron chi connectivity index (χ0n) is 11.0. The first-order valence-electron chi connectivity index (χ1n) is 6.39. The minimum absolute atomic E-state index is 0.376. The van der Waals surface area contributed by atoms with Crippen molar-refractivity contribution >= 4 is 38.8 Å². The lowest BCUT2D eigenvalue weighted by Gasteiger charge is -2.09. The van der Waals surface area contributed by atoms with Crippen LogP contribution in [0.4, 0.5) is 4.39 Å². The number of benzene rings is 1. The van der Waals surface area contributed by atoms with Gasteiger partial charge < -0.3 is 5.11 Å². The number of aliphatic hydroxyl groups excluding tert-OH is 1. The van der Waals surface area contributed by atoms with Crippen molar-refractivity contribution in [1.82, 2.24) is 14.5 Å². The Morgan fingerprint density at radius 1 is 1.23 bits per heavy atom. The SMILES string of the molecule is O=c1nc2c(=CO)sc3nccc(c32)n1-c1ccc(F)cc1. The first kappa shape index (κ1) is 12.9. The van der Waals surface area contributed by atoms with Gasteiger partial charge in [0.05, 0.1) is 27.4 Å². The lowest BCUT2D eigenvalue weighted by Crippen LogP contribution is -2.22. The molecule has 0 fully saturated rings. The Morgan fingerprint density at radius 2 is 2.00 bits per heavy atom. The minimum atomic E-state index is -0.492. The Kier molecular flexibility index (Phi) is 2.70. The zero-order valence-corrected chi connectivity index (χ0v) is 11.8. The highest BCUT2D eigenvalue weighted by Gasteiger charge is 2.15. The number of aliphatic hydroxyl groups is 1. The van der Waals surface area contributed by atoms with Crippen LogP contribution in [0.5, 0.6) is 0 Å². The van der Waals surface area contributed by atoms with E-state index >= 15 is 0 Å². The fourth-order valence-electron chi connectivity index (χ4n) is 2.48. The van der Waals surface area contributed by atoms with E-state index in [0.717, 1.165) is 6.26 Å². The largest absolute Gasteiger partial charge is 0.514 e. The average molecular weight is 313 g/mol. The zero-order chi connectivity index (χ0) is 15.3. The van der Waals surface area contributed by atoms with Gasteiger partial charge in [0.15, 0.2) is 0 Å². The average Bonchev–Trinajstić information content (AvgIpc) is 2.88. The monoisotopic (exact) mass is 313 g/mol. The van der Waals surface area contributed by atoms with Crippen LogP contribution in [0.1, 0.15) is 0 Å². The van der Waals surface area contributed by atoms with Crippen molar-refractivity contribution < 1.29 is 9.50 Å². The van der Waals surface area contributed by atoms with E-state index in [1.54, 1.807) is 12.3 Å². The van der Waals surface area contributed by atoms with Crippen LogP contribution in [-0.2, 0) is 0 Å². The molecule has 0 saturated heterocycles. The summed E-state index contributed by atoms with van der Waals surface area (Å²) in [4.78, 5) is 21.4. The molecule has 7 heteroatoms. The van der Waals surface area contributed by atoms with Gasteiger partial charge in [0.1, 0.15) is 16.2 Å². The van der Waals surface area contributed by atoms with Gasteiger partial charge >= 0.3 is 5.69 Å². The second-order valence-corrected chi connectivity index (χ2v) is 5.69. The van der Waals surface area contributed by atoms with Gasteiger partial charge in [0.25, 0.3) is 0 Å². The van der Waals surface area contributed by atoms with E-state index < -0.39 is 5.69 Å². The number of nitrogens with zero attached hydrogens (tertiary/aromatic N) is 3. The van der Waals surface area contributed by atoms with Gasteiger partial charge in [-0.15, -0.1) is 11.3 Å². The van der Waals surface area contributed by atoms with Gasteiger partial charge in [-0.2, -0.15) is 4.98 Å². The van der Waals surface area contributed by atoms with Crippen LogP contribution >= 0.6 is 11.3 Å². The second-order valence-electron chi connectivity index (χ2n) is 4.66. The quantitative estimate of drug-likeness (QED) is 0.585. The van der Waals surface area contributed by atoms with Crippen LogP contribution < -0.4 is 10.2 Å². The lowest BCUT2D eigenvalue weighted by atomic mass is 10.2. The predicted molar refractivity (Wildman–Crippen MR) is 82.8 cm³/mol. The Hall–Kier alpha value is -2.80. The third-order valence-electron chi connectivity index (χ3n) is 3.41. The van der Waals surface area contributed by atoms with E-state index in [9.17, 15) is 14.3 Å². The van der Waals surface area contributed by atoms with Gasteiger partial charge in [-0.1, -0.05) is 0 Å². The molecule has 0 radical (unpaired) electrons. The van der Waals surface area contributed by atoms with E-state index in [1.165, 1.54) is 40.2 Å². The van der Waals surface area contributed by atoms with Crippen molar-refractivity contribution in [2.45, 2.75) is 0 Å². The molecule has 0 amide bonds. The van der Waals surface area contributed by atoms with Crippen LogP contribution in [0.15, 0.2) is 41.3 Å². The molecule has 0 aliphatic rings. The molecule has 0 atom stereocenters. The van der Waals surface area contributed by atoms with Crippen molar-refractivity contribution in [2.75, 3.05) is 0 Å². The smallest absolute Gasteiger partial charge is 0.353 e. The summed E-state index contributed by atoms with van der Waals surface area (Å²) in [5, 5.41) is 10.0. The Morgan fingerprint density at radius 3 is 2.73 bits per heavy atom. The number of halogens is 1. The van der Waals surface area contributed by atoms with Crippen molar-refractivity contribution in [2.24, 2.45) is 0 Å². The molecule has 5 nitrogen and oxygen atoms in total. The molecule has 108 valence electrons. The molecule has 3 heterocycles. The summed E-state index contributed by atoms with van der Waals surface area (Å²) in [6, 6.07) is 7.32. The summed E-state index contributed by atoms with van der Waals surface area (Å²) in [7, 11) is 0. The lowest BCUT2D eigenvalue weighted by molar-refractivity contribution is 0.542. The molecular formula is C15H8FN3O2S. The third-order valence-corrected chi connectivity index (χ3v) is 4.43. The topological polar surface area (TPSA) is 68.0 Å². The van der Waals surface area contributed by atoms with Crippen LogP contribution in [0.2, 0.25) is 0 Å². The molecule has 0 bridgehead atoms. The summed E-state index contributed by atoms with van der Waals surface area (Å²) in [6.07, 6.45) is 2.52. The molecule has 22 heavy (non-hydrogen) atoms. The van der Waals surface area contributed by atoms with E-state index in [1.807, 2.05) is 0 Å². The summed E-state index contributed by atoms with van der Waals surface area (Å²) < 4.78 is 15.0. The number of hydrogen-bond acceptors (Lipinski definition) is 5. The third kappa shape index (κ3) is 1.72. The second kappa shape index (κ2) is 4.60. The fraction of sp³-hybridized carbons (Fsp3) is 0. The standard InChI is InChI=1S/C15H8FN3O2S/c16-8-1-3-9(4-2-8)19-10-5-6-17-14-12(10)13(18-15(19)21)11(7-20)22-14/h1-7,20H. The van der Waals surface area contributed by atoms with E-state index in [-0.39, 0.29) is 5.82 Å². The summed E-state index contributed by atoms with van der Waals surface area (Å²) in [5.74, 6) is -0.376. The highest BCUT2D eigenvalue weighted by molar-refractivity contribution is 7.17. The van der Waals surface area contributed by atoms with Crippen LogP contribution in [0, 0.1) is 5.82 Å².